The number of hydrogen-bond acceptors (Lipinski definition) is 4. The van der Waals surface area contributed by atoms with E-state index in [1.807, 2.05) is 0 Å². The van der Waals surface area contributed by atoms with Crippen LogP contribution in [-0.2, 0) is 14.2 Å². The normalized spacial score (nSPS) is 22.1. The molecule has 26 heavy (non-hydrogen) atoms. The molecule has 154 valence electrons. The van der Waals surface area contributed by atoms with Gasteiger partial charge in [-0.15, -0.1) is 0 Å². The second-order valence-corrected chi connectivity index (χ2v) is 6.89. The van der Waals surface area contributed by atoms with Gasteiger partial charge in [0, 0.05) is 44.9 Å². The Morgan fingerprint density at radius 3 is 2.46 bits per heavy atom. The first-order valence-corrected chi connectivity index (χ1v) is 10.4. The molecule has 0 bridgehead atoms. The number of rotatable bonds is 14. The van der Waals surface area contributed by atoms with Crippen LogP contribution >= 0.6 is 0 Å². The van der Waals surface area contributed by atoms with Crippen LogP contribution in [0.5, 0.6) is 0 Å². The van der Waals surface area contributed by atoms with E-state index in [1.165, 1.54) is 0 Å². The van der Waals surface area contributed by atoms with Crippen LogP contribution in [0.3, 0.4) is 0 Å². The van der Waals surface area contributed by atoms with Gasteiger partial charge in [0.15, 0.2) is 5.96 Å². The van der Waals surface area contributed by atoms with Gasteiger partial charge in [-0.05, 0) is 46.0 Å². The minimum atomic E-state index is 0.224. The number of aliphatic imine (C=N–C) groups is 1. The maximum atomic E-state index is 5.98. The third-order valence-electron chi connectivity index (χ3n) is 5.52. The molecule has 2 atom stereocenters. The van der Waals surface area contributed by atoms with Gasteiger partial charge in [-0.3, -0.25) is 4.99 Å². The predicted molar refractivity (Wildman–Crippen MR) is 108 cm³/mol. The van der Waals surface area contributed by atoms with E-state index in [0.29, 0.717) is 25.4 Å². The average Bonchev–Trinajstić information content (AvgIpc) is 2.64. The lowest BCUT2D eigenvalue weighted by Gasteiger charge is -2.55. The second kappa shape index (κ2) is 13.3. The topological polar surface area (TPSA) is 64.1 Å². The van der Waals surface area contributed by atoms with E-state index in [9.17, 15) is 0 Å². The van der Waals surface area contributed by atoms with Gasteiger partial charge in [-0.2, -0.15) is 0 Å². The molecule has 0 aliphatic heterocycles. The van der Waals surface area contributed by atoms with E-state index < -0.39 is 0 Å². The van der Waals surface area contributed by atoms with Gasteiger partial charge < -0.3 is 24.8 Å². The van der Waals surface area contributed by atoms with Crippen molar-refractivity contribution in [3.63, 3.8) is 0 Å². The summed E-state index contributed by atoms with van der Waals surface area (Å²) >= 11 is 0. The van der Waals surface area contributed by atoms with Crippen molar-refractivity contribution in [2.75, 3.05) is 46.6 Å². The van der Waals surface area contributed by atoms with Crippen LogP contribution in [0.25, 0.3) is 0 Å². The van der Waals surface area contributed by atoms with Gasteiger partial charge in [0.25, 0.3) is 0 Å². The first kappa shape index (κ1) is 23.2. The van der Waals surface area contributed by atoms with Gasteiger partial charge in [0.2, 0.25) is 0 Å². The largest absolute Gasteiger partial charge is 0.382 e. The minimum absolute atomic E-state index is 0.224. The van der Waals surface area contributed by atoms with Crippen molar-refractivity contribution in [1.82, 2.24) is 10.6 Å². The lowest BCUT2D eigenvalue weighted by Crippen LogP contribution is -2.65. The van der Waals surface area contributed by atoms with Gasteiger partial charge in [0.05, 0.1) is 19.3 Å². The van der Waals surface area contributed by atoms with Crippen LogP contribution in [0.2, 0.25) is 0 Å². The molecule has 0 amide bonds. The van der Waals surface area contributed by atoms with Crippen molar-refractivity contribution in [2.24, 2.45) is 10.4 Å². The van der Waals surface area contributed by atoms with Crippen molar-refractivity contribution < 1.29 is 14.2 Å². The summed E-state index contributed by atoms with van der Waals surface area (Å²) in [6, 6.07) is 0.434. The molecule has 1 aliphatic rings. The first-order chi connectivity index (χ1) is 12.7. The highest BCUT2D eigenvalue weighted by Gasteiger charge is 2.53. The van der Waals surface area contributed by atoms with E-state index >= 15 is 0 Å². The monoisotopic (exact) mass is 371 g/mol. The molecular formula is C20H41N3O3. The van der Waals surface area contributed by atoms with Crippen LogP contribution in [-0.4, -0.2) is 64.7 Å². The summed E-state index contributed by atoms with van der Waals surface area (Å²) in [7, 11) is 1.69. The highest BCUT2D eigenvalue weighted by atomic mass is 16.5. The van der Waals surface area contributed by atoms with Crippen molar-refractivity contribution in [3.05, 3.63) is 0 Å². The summed E-state index contributed by atoms with van der Waals surface area (Å²) in [4.78, 5) is 4.75. The minimum Gasteiger partial charge on any atom is -0.382 e. The lowest BCUT2D eigenvalue weighted by atomic mass is 9.58. The molecule has 6 nitrogen and oxygen atoms in total. The Bertz CT molecular complexity index is 386. The molecule has 1 fully saturated rings. The van der Waals surface area contributed by atoms with Crippen LogP contribution in [0.4, 0.5) is 0 Å². The predicted octanol–water partition coefficient (Wildman–Crippen LogP) is 2.97. The highest BCUT2D eigenvalue weighted by molar-refractivity contribution is 5.80. The summed E-state index contributed by atoms with van der Waals surface area (Å²) in [6.45, 7) is 13.3. The number of hydrogen-bond donors (Lipinski definition) is 2. The molecule has 0 aromatic rings. The molecule has 6 heteroatoms. The van der Waals surface area contributed by atoms with Crippen LogP contribution in [0.1, 0.15) is 59.8 Å². The van der Waals surface area contributed by atoms with Crippen LogP contribution < -0.4 is 10.6 Å². The molecule has 0 heterocycles. The third-order valence-corrected chi connectivity index (χ3v) is 5.52. The Kier molecular flexibility index (Phi) is 11.9. The summed E-state index contributed by atoms with van der Waals surface area (Å²) in [5.41, 5.74) is 0.224. The molecule has 2 N–H and O–H groups in total. The Balaban J connectivity index is 2.44. The zero-order valence-electron chi connectivity index (χ0n) is 17.6. The fraction of sp³-hybridized carbons (Fsp3) is 0.950. The molecule has 0 saturated heterocycles. The van der Waals surface area contributed by atoms with Gasteiger partial charge >= 0.3 is 0 Å². The quantitative estimate of drug-likeness (QED) is 0.279. The molecule has 1 rings (SSSR count). The lowest BCUT2D eigenvalue weighted by molar-refractivity contribution is -0.133. The molecule has 0 aromatic carbocycles. The highest BCUT2D eigenvalue weighted by Crippen LogP contribution is 2.48. The fourth-order valence-corrected chi connectivity index (χ4v) is 3.82. The van der Waals surface area contributed by atoms with E-state index in [1.54, 1.807) is 7.11 Å². The van der Waals surface area contributed by atoms with Crippen LogP contribution in [0, 0.1) is 5.41 Å². The van der Waals surface area contributed by atoms with Crippen molar-refractivity contribution in [3.8, 4) is 0 Å². The molecule has 1 aliphatic carbocycles. The summed E-state index contributed by atoms with van der Waals surface area (Å²) in [5.74, 6) is 0.930. The number of methoxy groups -OCH3 is 1. The van der Waals surface area contributed by atoms with E-state index in [4.69, 9.17) is 19.2 Å². The second-order valence-electron chi connectivity index (χ2n) is 6.89. The Labute approximate surface area is 160 Å². The number of ether oxygens (including phenoxy) is 3. The summed E-state index contributed by atoms with van der Waals surface area (Å²) in [5, 5.41) is 7.05. The molecule has 0 aromatic heterocycles. The number of nitrogens with zero attached hydrogens (tertiary/aromatic N) is 1. The number of unbranched alkanes of at least 4 members (excludes halogenated alkanes) is 1. The van der Waals surface area contributed by atoms with Crippen molar-refractivity contribution >= 4 is 5.96 Å². The smallest absolute Gasteiger partial charge is 0.191 e. The first-order valence-electron chi connectivity index (χ1n) is 10.4. The van der Waals surface area contributed by atoms with Crippen LogP contribution in [0.15, 0.2) is 4.99 Å². The van der Waals surface area contributed by atoms with Gasteiger partial charge in [-0.25, -0.2) is 0 Å². The van der Waals surface area contributed by atoms with Crippen molar-refractivity contribution in [1.29, 1.82) is 0 Å². The molecular weight excluding hydrogens is 330 g/mol. The number of guanidine groups is 1. The van der Waals surface area contributed by atoms with E-state index in [0.717, 1.165) is 64.4 Å². The molecule has 0 spiro atoms. The van der Waals surface area contributed by atoms with Gasteiger partial charge in [-0.1, -0.05) is 13.8 Å². The third kappa shape index (κ3) is 6.71. The van der Waals surface area contributed by atoms with E-state index in [2.05, 4.69) is 38.3 Å². The van der Waals surface area contributed by atoms with Gasteiger partial charge in [0.1, 0.15) is 0 Å². The average molecular weight is 372 g/mol. The summed E-state index contributed by atoms with van der Waals surface area (Å²) in [6.07, 6.45) is 5.74. The number of nitrogens with one attached hydrogen (secondary N) is 2. The zero-order valence-corrected chi connectivity index (χ0v) is 17.6. The summed E-state index contributed by atoms with van der Waals surface area (Å²) < 4.78 is 16.4. The molecule has 1 saturated carbocycles. The maximum Gasteiger partial charge on any atom is 0.191 e. The molecule has 0 radical (unpaired) electrons. The standard InChI is InChI=1S/C20H41N3O3/c1-6-20(7-2)17(16-18(20)26-9-4)23-19(21-8-3)22-12-10-11-13-25-15-14-24-5/h17-18H,6-16H2,1-5H3,(H2,21,22,23). The Morgan fingerprint density at radius 2 is 1.85 bits per heavy atom. The Hall–Kier alpha value is -0.850. The zero-order chi connectivity index (χ0) is 19.3. The molecule has 2 unspecified atom stereocenters. The SMILES string of the molecule is CCNC(=NCCCCOCCOC)NC1CC(OCC)C1(CC)CC. The fourth-order valence-electron chi connectivity index (χ4n) is 3.82. The Morgan fingerprint density at radius 1 is 1.08 bits per heavy atom. The maximum absolute atomic E-state index is 5.98. The van der Waals surface area contributed by atoms with E-state index in [-0.39, 0.29) is 5.41 Å². The van der Waals surface area contributed by atoms with Crippen molar-refractivity contribution in [2.45, 2.75) is 71.9 Å².